The van der Waals surface area contributed by atoms with E-state index >= 15 is 0 Å². The number of benzene rings is 1. The van der Waals surface area contributed by atoms with E-state index in [4.69, 9.17) is 4.74 Å². The highest BCUT2D eigenvalue weighted by Crippen LogP contribution is 2.30. The topological polar surface area (TPSA) is 42.0 Å². The zero-order valence-corrected chi connectivity index (χ0v) is 15.6. The largest absolute Gasteiger partial charge is 0.573 e. The summed E-state index contributed by atoms with van der Waals surface area (Å²) < 4.78 is 46.1. The van der Waals surface area contributed by atoms with Gasteiger partial charge in [0.05, 0.1) is 6.17 Å². The Hall–Kier alpha value is -1.96. The average molecular weight is 374 g/mol. The molecule has 8 heteroatoms. The van der Waals surface area contributed by atoms with E-state index < -0.39 is 12.0 Å². The van der Waals surface area contributed by atoms with E-state index in [-0.39, 0.29) is 24.1 Å². The number of halogens is 3. The molecule has 0 unspecified atom stereocenters. The van der Waals surface area contributed by atoms with Crippen LogP contribution in [0.3, 0.4) is 0 Å². The van der Waals surface area contributed by atoms with Crippen LogP contribution in [0.1, 0.15) is 46.2 Å². The van der Waals surface area contributed by atoms with Crippen molar-refractivity contribution in [1.82, 2.24) is 9.80 Å². The summed E-state index contributed by atoms with van der Waals surface area (Å²) >= 11 is 0. The normalized spacial score (nSPS) is 20.2. The van der Waals surface area contributed by atoms with Crippen LogP contribution in [-0.2, 0) is 4.74 Å². The molecule has 0 spiro atoms. The van der Waals surface area contributed by atoms with E-state index in [9.17, 15) is 18.0 Å². The second-order valence-electron chi connectivity index (χ2n) is 7.34. The molecule has 0 N–H and O–H groups in total. The van der Waals surface area contributed by atoms with Crippen molar-refractivity contribution in [2.45, 2.75) is 58.8 Å². The van der Waals surface area contributed by atoms with E-state index in [0.29, 0.717) is 13.1 Å². The quantitative estimate of drug-likeness (QED) is 0.779. The lowest BCUT2D eigenvalue weighted by Crippen LogP contribution is -2.43. The highest BCUT2D eigenvalue weighted by atomic mass is 19.4. The molecule has 1 heterocycles. The number of hydrogen-bond donors (Lipinski definition) is 0. The van der Waals surface area contributed by atoms with Gasteiger partial charge in [0.25, 0.3) is 0 Å². The predicted molar refractivity (Wildman–Crippen MR) is 90.6 cm³/mol. The molecule has 1 aromatic rings. The Labute approximate surface area is 151 Å². The minimum Gasteiger partial charge on any atom is -0.444 e. The van der Waals surface area contributed by atoms with Gasteiger partial charge in [0.1, 0.15) is 11.4 Å². The summed E-state index contributed by atoms with van der Waals surface area (Å²) in [5.41, 5.74) is 0.280. The van der Waals surface area contributed by atoms with Crippen molar-refractivity contribution in [2.24, 2.45) is 0 Å². The van der Waals surface area contributed by atoms with Gasteiger partial charge in [-0.2, -0.15) is 0 Å². The zero-order chi connectivity index (χ0) is 19.7. The molecule has 1 aliphatic heterocycles. The molecule has 0 radical (unpaired) electrons. The number of carbonyl (C=O) groups is 1. The van der Waals surface area contributed by atoms with Gasteiger partial charge in [-0.25, -0.2) is 4.79 Å². The third kappa shape index (κ3) is 5.27. The van der Waals surface area contributed by atoms with Gasteiger partial charge < -0.3 is 9.47 Å². The molecule has 2 rings (SSSR count). The number of rotatable bonds is 3. The fourth-order valence-corrected chi connectivity index (χ4v) is 3.00. The fraction of sp³-hybridized carbons (Fsp3) is 0.611. The number of hydrogen-bond acceptors (Lipinski definition) is 4. The summed E-state index contributed by atoms with van der Waals surface area (Å²) in [6.45, 7) is 10.5. The van der Waals surface area contributed by atoms with Gasteiger partial charge in [-0.05, 0) is 52.3 Å². The SMILES string of the molecule is C[C@@H](c1ccc(OC(F)(F)F)cc1)N1CCN(C(=O)OC(C)(C)C)[C@@H]1C. The Kier molecular flexibility index (Phi) is 5.75. The molecule has 5 nitrogen and oxygen atoms in total. The van der Waals surface area contributed by atoms with E-state index in [1.165, 1.54) is 12.1 Å². The average Bonchev–Trinajstić information content (AvgIpc) is 2.85. The molecule has 1 aromatic carbocycles. The van der Waals surface area contributed by atoms with Gasteiger partial charge in [-0.1, -0.05) is 12.1 Å². The van der Waals surface area contributed by atoms with Crippen LogP contribution in [0.25, 0.3) is 0 Å². The summed E-state index contributed by atoms with van der Waals surface area (Å²) in [4.78, 5) is 16.1. The Bertz CT molecular complexity index is 626. The number of amides is 1. The first-order valence-corrected chi connectivity index (χ1v) is 8.48. The van der Waals surface area contributed by atoms with E-state index in [2.05, 4.69) is 9.64 Å². The van der Waals surface area contributed by atoms with Crippen molar-refractivity contribution in [2.75, 3.05) is 13.1 Å². The number of ether oxygens (including phenoxy) is 2. The first kappa shape index (κ1) is 20.4. The zero-order valence-electron chi connectivity index (χ0n) is 15.6. The lowest BCUT2D eigenvalue weighted by Gasteiger charge is -2.32. The standard InChI is InChI=1S/C18H25F3N2O3/c1-12(14-6-8-15(9-7-14)25-18(19,20)21)22-10-11-23(13(22)2)16(24)26-17(3,4)5/h6-9,12-13H,10-11H2,1-5H3/t12-,13+/m0/s1. The highest BCUT2D eigenvalue weighted by molar-refractivity contribution is 5.68. The molecule has 26 heavy (non-hydrogen) atoms. The van der Waals surface area contributed by atoms with E-state index in [1.54, 1.807) is 17.0 Å². The summed E-state index contributed by atoms with van der Waals surface area (Å²) in [6.07, 6.45) is -5.25. The van der Waals surface area contributed by atoms with Crippen molar-refractivity contribution < 1.29 is 27.4 Å². The smallest absolute Gasteiger partial charge is 0.444 e. The van der Waals surface area contributed by atoms with Gasteiger partial charge in [0.15, 0.2) is 0 Å². The molecule has 0 aliphatic carbocycles. The lowest BCUT2D eigenvalue weighted by atomic mass is 10.1. The first-order valence-electron chi connectivity index (χ1n) is 8.48. The first-order chi connectivity index (χ1) is 11.9. The molecule has 1 aliphatic rings. The number of carbonyl (C=O) groups excluding carboxylic acids is 1. The molecule has 1 amide bonds. The van der Waals surface area contributed by atoms with Crippen LogP contribution in [0.5, 0.6) is 5.75 Å². The Morgan fingerprint density at radius 1 is 1.15 bits per heavy atom. The van der Waals surface area contributed by atoms with Gasteiger partial charge >= 0.3 is 12.5 Å². The summed E-state index contributed by atoms with van der Waals surface area (Å²) in [5, 5.41) is 0. The van der Waals surface area contributed by atoms with E-state index in [1.807, 2.05) is 34.6 Å². The number of nitrogens with zero attached hydrogens (tertiary/aromatic N) is 2. The molecule has 1 saturated heterocycles. The molecule has 1 fully saturated rings. The molecular formula is C18H25F3N2O3. The van der Waals surface area contributed by atoms with Crippen LogP contribution in [0.2, 0.25) is 0 Å². The molecule has 0 saturated carbocycles. The number of alkyl halides is 3. The monoisotopic (exact) mass is 374 g/mol. The molecular weight excluding hydrogens is 349 g/mol. The summed E-state index contributed by atoms with van der Waals surface area (Å²) in [7, 11) is 0. The van der Waals surface area contributed by atoms with Crippen LogP contribution >= 0.6 is 0 Å². The minimum absolute atomic E-state index is 0.0719. The van der Waals surface area contributed by atoms with Crippen molar-refractivity contribution >= 4 is 6.09 Å². The summed E-state index contributed by atoms with van der Waals surface area (Å²) in [6, 6.07) is 5.73. The minimum atomic E-state index is -4.70. The van der Waals surface area contributed by atoms with Crippen LogP contribution in [0, 0.1) is 0 Å². The third-order valence-corrected chi connectivity index (χ3v) is 4.25. The van der Waals surface area contributed by atoms with Crippen molar-refractivity contribution in [3.05, 3.63) is 29.8 Å². The summed E-state index contributed by atoms with van der Waals surface area (Å²) in [5.74, 6) is -0.252. The maximum Gasteiger partial charge on any atom is 0.573 e. The van der Waals surface area contributed by atoms with Crippen molar-refractivity contribution in [3.63, 3.8) is 0 Å². The molecule has 0 aromatic heterocycles. The van der Waals surface area contributed by atoms with Crippen LogP contribution in [0.15, 0.2) is 24.3 Å². The lowest BCUT2D eigenvalue weighted by molar-refractivity contribution is -0.274. The van der Waals surface area contributed by atoms with Crippen LogP contribution < -0.4 is 4.74 Å². The van der Waals surface area contributed by atoms with Crippen LogP contribution in [-0.4, -0.2) is 47.1 Å². The second kappa shape index (κ2) is 7.34. The van der Waals surface area contributed by atoms with Gasteiger partial charge in [0, 0.05) is 19.1 Å². The molecule has 0 bridgehead atoms. The third-order valence-electron chi connectivity index (χ3n) is 4.25. The van der Waals surface area contributed by atoms with Crippen molar-refractivity contribution in [1.29, 1.82) is 0 Å². The van der Waals surface area contributed by atoms with Gasteiger partial charge in [0.2, 0.25) is 0 Å². The highest BCUT2D eigenvalue weighted by Gasteiger charge is 2.37. The Morgan fingerprint density at radius 2 is 1.73 bits per heavy atom. The Balaban J connectivity index is 2.04. The maximum absolute atomic E-state index is 12.3. The molecule has 2 atom stereocenters. The van der Waals surface area contributed by atoms with Gasteiger partial charge in [-0.15, -0.1) is 13.2 Å². The Morgan fingerprint density at radius 3 is 2.23 bits per heavy atom. The van der Waals surface area contributed by atoms with E-state index in [0.717, 1.165) is 5.56 Å². The second-order valence-corrected chi connectivity index (χ2v) is 7.34. The van der Waals surface area contributed by atoms with Crippen molar-refractivity contribution in [3.8, 4) is 5.75 Å². The fourth-order valence-electron chi connectivity index (χ4n) is 3.00. The molecule has 146 valence electrons. The van der Waals surface area contributed by atoms with Crippen LogP contribution in [0.4, 0.5) is 18.0 Å². The maximum atomic E-state index is 12.3. The predicted octanol–water partition coefficient (Wildman–Crippen LogP) is 4.54. The van der Waals surface area contributed by atoms with Gasteiger partial charge in [-0.3, -0.25) is 9.80 Å².